The highest BCUT2D eigenvalue weighted by atomic mass is 16.5. The normalized spacial score (nSPS) is 10.8. The number of aromatic nitrogens is 2. The second-order valence-electron chi connectivity index (χ2n) is 3.03. The first-order valence-corrected chi connectivity index (χ1v) is 4.74. The third-order valence-corrected chi connectivity index (χ3v) is 2.26. The van der Waals surface area contributed by atoms with Gasteiger partial charge in [-0.25, -0.2) is 4.68 Å². The monoisotopic (exact) mass is 199 g/mol. The van der Waals surface area contributed by atoms with Gasteiger partial charge in [0.25, 0.3) is 5.56 Å². The lowest BCUT2D eigenvalue weighted by molar-refractivity contribution is 0.175. The molecule has 0 saturated carbocycles. The average molecular weight is 199 g/mol. The minimum atomic E-state index is -0.124. The fraction of sp³-hybridized carbons (Fsp3) is 0.667. The highest BCUT2D eigenvalue weighted by Gasteiger charge is 2.14. The standard InChI is InChI=1S/C9H17N3O2/c1-4-11-7(6-14-3)8(10)9(13)12(11)5-2/h4-6,10H2,1-3H3. The van der Waals surface area contributed by atoms with E-state index in [-0.39, 0.29) is 5.56 Å². The molecule has 1 rings (SSSR count). The zero-order chi connectivity index (χ0) is 10.7. The number of hydrogen-bond acceptors (Lipinski definition) is 3. The number of nitrogens with zero attached hydrogens (tertiary/aromatic N) is 2. The molecule has 0 aliphatic rings. The van der Waals surface area contributed by atoms with Crippen molar-refractivity contribution in [2.75, 3.05) is 12.8 Å². The van der Waals surface area contributed by atoms with Crippen LogP contribution >= 0.6 is 0 Å². The number of ether oxygens (including phenoxy) is 1. The molecule has 1 aromatic rings. The topological polar surface area (TPSA) is 62.2 Å². The summed E-state index contributed by atoms with van der Waals surface area (Å²) in [6.07, 6.45) is 0. The summed E-state index contributed by atoms with van der Waals surface area (Å²) < 4.78 is 8.50. The van der Waals surface area contributed by atoms with Crippen molar-refractivity contribution in [1.29, 1.82) is 0 Å². The van der Waals surface area contributed by atoms with Crippen LogP contribution in [0.2, 0.25) is 0 Å². The van der Waals surface area contributed by atoms with E-state index < -0.39 is 0 Å². The van der Waals surface area contributed by atoms with Crippen molar-refractivity contribution in [3.8, 4) is 0 Å². The first-order chi connectivity index (χ1) is 6.67. The van der Waals surface area contributed by atoms with Crippen LogP contribution in [0, 0.1) is 0 Å². The zero-order valence-corrected chi connectivity index (χ0v) is 8.91. The fourth-order valence-electron chi connectivity index (χ4n) is 1.62. The van der Waals surface area contributed by atoms with Crippen LogP contribution < -0.4 is 11.3 Å². The number of nitrogens with two attached hydrogens (primary N) is 1. The third-order valence-electron chi connectivity index (χ3n) is 2.26. The summed E-state index contributed by atoms with van der Waals surface area (Å²) in [5.41, 5.74) is 6.65. The Kier molecular flexibility index (Phi) is 3.35. The van der Waals surface area contributed by atoms with Crippen LogP contribution in [0.3, 0.4) is 0 Å². The van der Waals surface area contributed by atoms with Crippen LogP contribution in [0.15, 0.2) is 4.79 Å². The minimum absolute atomic E-state index is 0.124. The van der Waals surface area contributed by atoms with E-state index in [2.05, 4.69) is 0 Å². The summed E-state index contributed by atoms with van der Waals surface area (Å²) in [5, 5.41) is 0. The molecular formula is C9H17N3O2. The van der Waals surface area contributed by atoms with Gasteiger partial charge in [0, 0.05) is 20.2 Å². The molecule has 5 heteroatoms. The number of hydrogen-bond donors (Lipinski definition) is 1. The predicted molar refractivity (Wildman–Crippen MR) is 55.2 cm³/mol. The lowest BCUT2D eigenvalue weighted by Gasteiger charge is -2.10. The van der Waals surface area contributed by atoms with E-state index in [1.54, 1.807) is 11.8 Å². The molecule has 14 heavy (non-hydrogen) atoms. The van der Waals surface area contributed by atoms with Gasteiger partial charge in [-0.1, -0.05) is 0 Å². The Bertz CT molecular complexity index is 365. The van der Waals surface area contributed by atoms with E-state index in [1.165, 1.54) is 0 Å². The van der Waals surface area contributed by atoms with Crippen LogP contribution in [-0.4, -0.2) is 16.5 Å². The molecule has 0 fully saturated rings. The molecule has 1 heterocycles. The van der Waals surface area contributed by atoms with Gasteiger partial charge in [0.1, 0.15) is 5.69 Å². The maximum Gasteiger partial charge on any atom is 0.290 e. The zero-order valence-electron chi connectivity index (χ0n) is 8.91. The minimum Gasteiger partial charge on any atom is -0.393 e. The van der Waals surface area contributed by atoms with Crippen molar-refractivity contribution in [2.24, 2.45) is 0 Å². The molecule has 0 aliphatic heterocycles. The highest BCUT2D eigenvalue weighted by Crippen LogP contribution is 2.09. The Morgan fingerprint density at radius 3 is 2.29 bits per heavy atom. The lowest BCUT2D eigenvalue weighted by atomic mass is 10.4. The SMILES string of the molecule is CCn1c(COC)c(N)c(=O)n1CC. The van der Waals surface area contributed by atoms with Gasteiger partial charge in [0.15, 0.2) is 0 Å². The Labute approximate surface area is 83.1 Å². The summed E-state index contributed by atoms with van der Waals surface area (Å²) in [7, 11) is 1.59. The molecule has 0 atom stereocenters. The number of rotatable bonds is 4. The van der Waals surface area contributed by atoms with Crippen LogP contribution in [0.5, 0.6) is 0 Å². The van der Waals surface area contributed by atoms with Crippen molar-refractivity contribution < 1.29 is 4.74 Å². The molecule has 0 aliphatic carbocycles. The molecule has 0 aromatic carbocycles. The van der Waals surface area contributed by atoms with E-state index in [4.69, 9.17) is 10.5 Å². The van der Waals surface area contributed by atoms with Crippen molar-refractivity contribution in [2.45, 2.75) is 33.5 Å². The van der Waals surface area contributed by atoms with Gasteiger partial charge >= 0.3 is 0 Å². The van der Waals surface area contributed by atoms with E-state index >= 15 is 0 Å². The maximum absolute atomic E-state index is 11.6. The summed E-state index contributed by atoms with van der Waals surface area (Å²) in [6.45, 7) is 5.62. The molecule has 0 amide bonds. The fourth-order valence-corrected chi connectivity index (χ4v) is 1.62. The van der Waals surface area contributed by atoms with Gasteiger partial charge in [0.05, 0.1) is 12.3 Å². The molecule has 2 N–H and O–H groups in total. The van der Waals surface area contributed by atoms with Gasteiger partial charge in [0.2, 0.25) is 0 Å². The largest absolute Gasteiger partial charge is 0.393 e. The van der Waals surface area contributed by atoms with Crippen molar-refractivity contribution in [3.63, 3.8) is 0 Å². The number of anilines is 1. The molecule has 5 nitrogen and oxygen atoms in total. The second-order valence-corrected chi connectivity index (χ2v) is 3.03. The molecule has 0 unspecified atom stereocenters. The lowest BCUT2D eigenvalue weighted by Crippen LogP contribution is -2.22. The average Bonchev–Trinajstić information content (AvgIpc) is 2.42. The van der Waals surface area contributed by atoms with E-state index in [0.29, 0.717) is 18.8 Å². The first-order valence-electron chi connectivity index (χ1n) is 4.74. The number of nitrogen functional groups attached to an aromatic ring is 1. The maximum atomic E-state index is 11.6. The predicted octanol–water partition coefficient (Wildman–Crippen LogP) is 0.418. The smallest absolute Gasteiger partial charge is 0.290 e. The molecule has 0 bridgehead atoms. The molecule has 0 radical (unpaired) electrons. The van der Waals surface area contributed by atoms with Crippen LogP contribution in [0.25, 0.3) is 0 Å². The van der Waals surface area contributed by atoms with Crippen LogP contribution in [-0.2, 0) is 24.4 Å². The Morgan fingerprint density at radius 2 is 1.86 bits per heavy atom. The quantitative estimate of drug-likeness (QED) is 0.764. The van der Waals surface area contributed by atoms with Gasteiger partial charge in [-0.2, -0.15) is 0 Å². The summed E-state index contributed by atoms with van der Waals surface area (Å²) in [4.78, 5) is 11.6. The van der Waals surface area contributed by atoms with Crippen LogP contribution in [0.4, 0.5) is 5.69 Å². The third kappa shape index (κ3) is 1.55. The van der Waals surface area contributed by atoms with Crippen molar-refractivity contribution in [1.82, 2.24) is 9.36 Å². The number of methoxy groups -OCH3 is 1. The van der Waals surface area contributed by atoms with Gasteiger partial charge in [-0.05, 0) is 13.8 Å². The second kappa shape index (κ2) is 4.32. The molecule has 80 valence electrons. The van der Waals surface area contributed by atoms with Crippen molar-refractivity contribution in [3.05, 3.63) is 16.0 Å². The van der Waals surface area contributed by atoms with Crippen molar-refractivity contribution >= 4 is 5.69 Å². The summed E-state index contributed by atoms with van der Waals surface area (Å²) in [5.74, 6) is 0. The summed E-state index contributed by atoms with van der Waals surface area (Å²) in [6, 6.07) is 0. The van der Waals surface area contributed by atoms with Gasteiger partial charge in [-0.15, -0.1) is 0 Å². The van der Waals surface area contributed by atoms with E-state index in [1.807, 2.05) is 18.5 Å². The Balaban J connectivity index is 3.33. The van der Waals surface area contributed by atoms with E-state index in [9.17, 15) is 4.79 Å². The molecule has 1 aromatic heterocycles. The van der Waals surface area contributed by atoms with E-state index in [0.717, 1.165) is 12.2 Å². The first kappa shape index (κ1) is 10.8. The molecule has 0 spiro atoms. The summed E-state index contributed by atoms with van der Waals surface area (Å²) >= 11 is 0. The van der Waals surface area contributed by atoms with Gasteiger partial charge < -0.3 is 10.5 Å². The molecule has 0 saturated heterocycles. The highest BCUT2D eigenvalue weighted by molar-refractivity contribution is 5.41. The molecular weight excluding hydrogens is 182 g/mol. The van der Waals surface area contributed by atoms with Gasteiger partial charge in [-0.3, -0.25) is 9.48 Å². The van der Waals surface area contributed by atoms with Crippen LogP contribution in [0.1, 0.15) is 19.5 Å². The Hall–Kier alpha value is -1.23. The Morgan fingerprint density at radius 1 is 1.29 bits per heavy atom.